The summed E-state index contributed by atoms with van der Waals surface area (Å²) in [6, 6.07) is 7.63. The maximum absolute atomic E-state index is 11.6. The number of ether oxygens (including phenoxy) is 1. The lowest BCUT2D eigenvalue weighted by atomic mass is 10.1. The minimum Gasteiger partial charge on any atom is -0.462 e. The Bertz CT molecular complexity index is 539. The summed E-state index contributed by atoms with van der Waals surface area (Å²) in [5, 5.41) is 12.2. The molecule has 0 saturated carbocycles. The van der Waals surface area contributed by atoms with Crippen LogP contribution in [0.2, 0.25) is 0 Å². The average molecular weight is 276 g/mol. The molecule has 1 N–H and O–H groups in total. The van der Waals surface area contributed by atoms with Crippen molar-refractivity contribution in [1.29, 1.82) is 5.26 Å². The molecule has 0 aliphatic carbocycles. The van der Waals surface area contributed by atoms with Crippen molar-refractivity contribution in [2.75, 3.05) is 11.9 Å². The number of rotatable bonds is 4. The Morgan fingerprint density at radius 1 is 1.42 bits per heavy atom. The van der Waals surface area contributed by atoms with Gasteiger partial charge in [0.15, 0.2) is 5.57 Å². The molecule has 0 atom stereocenters. The van der Waals surface area contributed by atoms with E-state index in [2.05, 4.69) is 17.9 Å². The smallest absolute Gasteiger partial charge is 0.351 e. The second kappa shape index (κ2) is 6.86. The van der Waals surface area contributed by atoms with Crippen LogP contribution in [0.15, 0.2) is 28.8 Å². The Morgan fingerprint density at radius 3 is 2.47 bits per heavy atom. The quantitative estimate of drug-likeness (QED) is 0.384. The van der Waals surface area contributed by atoms with E-state index in [1.54, 1.807) is 6.92 Å². The van der Waals surface area contributed by atoms with Gasteiger partial charge in [-0.1, -0.05) is 18.2 Å². The Labute approximate surface area is 118 Å². The van der Waals surface area contributed by atoms with Crippen LogP contribution in [0.4, 0.5) is 5.69 Å². The third kappa shape index (κ3) is 3.76. The number of nitrogens with one attached hydrogen (secondary N) is 1. The molecule has 1 aromatic carbocycles. The molecule has 19 heavy (non-hydrogen) atoms. The zero-order valence-electron chi connectivity index (χ0n) is 11.2. The highest BCUT2D eigenvalue weighted by Crippen LogP contribution is 2.23. The average Bonchev–Trinajstić information content (AvgIpc) is 2.35. The molecule has 0 heterocycles. The molecule has 0 radical (unpaired) electrons. The Morgan fingerprint density at radius 2 is 2.00 bits per heavy atom. The standard InChI is InChI=1S/C14H16N2O2S/c1-4-18-14(17)11(8-15)13(19)16-12-9(2)6-5-7-10(12)3/h5-7,16,19H,4H2,1-3H3/b13-11+. The highest BCUT2D eigenvalue weighted by Gasteiger charge is 2.15. The summed E-state index contributed by atoms with van der Waals surface area (Å²) in [5.41, 5.74) is 2.72. The number of carbonyl (C=O) groups is 1. The number of anilines is 1. The summed E-state index contributed by atoms with van der Waals surface area (Å²) in [6.07, 6.45) is 0. The van der Waals surface area contributed by atoms with Crippen LogP contribution in [0.25, 0.3) is 0 Å². The molecule has 1 rings (SSSR count). The second-order valence-electron chi connectivity index (χ2n) is 3.95. The number of hydrogen-bond donors (Lipinski definition) is 2. The van der Waals surface area contributed by atoms with Crippen LogP contribution in [0, 0.1) is 25.2 Å². The fourth-order valence-corrected chi connectivity index (χ4v) is 1.84. The number of aryl methyl sites for hydroxylation is 2. The van der Waals surface area contributed by atoms with Crippen molar-refractivity contribution >= 4 is 24.3 Å². The molecule has 1 aromatic rings. The summed E-state index contributed by atoms with van der Waals surface area (Å²) < 4.78 is 4.81. The van der Waals surface area contributed by atoms with Crippen LogP contribution in [0.3, 0.4) is 0 Å². The molecule has 100 valence electrons. The monoisotopic (exact) mass is 276 g/mol. The zero-order valence-corrected chi connectivity index (χ0v) is 12.0. The first kappa shape index (κ1) is 15.1. The van der Waals surface area contributed by atoms with Gasteiger partial charge in [0.1, 0.15) is 6.07 Å². The van der Waals surface area contributed by atoms with Crippen LogP contribution < -0.4 is 5.32 Å². The van der Waals surface area contributed by atoms with Gasteiger partial charge in [-0.25, -0.2) is 4.79 Å². The van der Waals surface area contributed by atoms with Gasteiger partial charge in [0.25, 0.3) is 0 Å². The Hall–Kier alpha value is -1.93. The van der Waals surface area contributed by atoms with Gasteiger partial charge in [-0.2, -0.15) is 5.26 Å². The van der Waals surface area contributed by atoms with Gasteiger partial charge in [0.05, 0.1) is 11.6 Å². The van der Waals surface area contributed by atoms with Crippen LogP contribution in [-0.2, 0) is 9.53 Å². The first-order chi connectivity index (χ1) is 9.01. The minimum absolute atomic E-state index is 0.132. The van der Waals surface area contributed by atoms with Crippen molar-refractivity contribution in [3.8, 4) is 6.07 Å². The Balaban J connectivity index is 3.09. The van der Waals surface area contributed by atoms with Gasteiger partial charge in [-0.3, -0.25) is 0 Å². The summed E-state index contributed by atoms with van der Waals surface area (Å²) in [6.45, 7) is 5.78. The molecule has 4 nitrogen and oxygen atoms in total. The second-order valence-corrected chi connectivity index (χ2v) is 4.39. The molecular formula is C14H16N2O2S. The fourth-order valence-electron chi connectivity index (χ4n) is 1.59. The van der Waals surface area contributed by atoms with E-state index in [1.165, 1.54) is 0 Å². The van der Waals surface area contributed by atoms with Gasteiger partial charge < -0.3 is 10.1 Å². The van der Waals surface area contributed by atoms with Gasteiger partial charge >= 0.3 is 5.97 Å². The summed E-state index contributed by atoms with van der Waals surface area (Å²) in [5.74, 6) is -0.672. The molecule has 5 heteroatoms. The predicted octanol–water partition coefficient (Wildman–Crippen LogP) is 2.94. The van der Waals surface area contributed by atoms with E-state index < -0.39 is 5.97 Å². The maximum atomic E-state index is 11.6. The van der Waals surface area contributed by atoms with Gasteiger partial charge in [0, 0.05) is 5.69 Å². The van der Waals surface area contributed by atoms with Gasteiger partial charge in [-0.05, 0) is 31.9 Å². The van der Waals surface area contributed by atoms with E-state index in [9.17, 15) is 4.79 Å². The third-order valence-electron chi connectivity index (χ3n) is 2.55. The number of para-hydroxylation sites is 1. The van der Waals surface area contributed by atoms with Gasteiger partial charge in [-0.15, -0.1) is 12.6 Å². The van der Waals surface area contributed by atoms with E-state index in [-0.39, 0.29) is 17.2 Å². The molecule has 0 bridgehead atoms. The normalized spacial score (nSPS) is 11.3. The van der Waals surface area contributed by atoms with Crippen LogP contribution >= 0.6 is 12.6 Å². The molecule has 0 spiro atoms. The van der Waals surface area contributed by atoms with Crippen LogP contribution in [0.1, 0.15) is 18.1 Å². The Kier molecular flexibility index (Phi) is 5.46. The first-order valence-corrected chi connectivity index (χ1v) is 6.29. The number of carbonyl (C=O) groups excluding carboxylic acids is 1. The molecule has 0 fully saturated rings. The highest BCUT2D eigenvalue weighted by atomic mass is 32.1. The molecule has 0 amide bonds. The van der Waals surface area contributed by atoms with Crippen molar-refractivity contribution in [1.82, 2.24) is 0 Å². The van der Waals surface area contributed by atoms with Crippen molar-refractivity contribution < 1.29 is 9.53 Å². The first-order valence-electron chi connectivity index (χ1n) is 5.85. The number of benzene rings is 1. The lowest BCUT2D eigenvalue weighted by Crippen LogP contribution is -2.11. The number of esters is 1. The molecule has 0 saturated heterocycles. The lowest BCUT2D eigenvalue weighted by Gasteiger charge is -2.13. The molecule has 0 aromatic heterocycles. The van der Waals surface area contributed by atoms with Crippen LogP contribution in [0.5, 0.6) is 0 Å². The minimum atomic E-state index is -0.672. The van der Waals surface area contributed by atoms with Crippen LogP contribution in [-0.4, -0.2) is 12.6 Å². The summed E-state index contributed by atoms with van der Waals surface area (Å²) in [4.78, 5) is 11.6. The van der Waals surface area contributed by atoms with E-state index in [1.807, 2.05) is 38.1 Å². The number of nitriles is 1. The molecule has 0 aliphatic rings. The topological polar surface area (TPSA) is 62.1 Å². The fraction of sp³-hybridized carbons (Fsp3) is 0.286. The van der Waals surface area contributed by atoms with Crippen molar-refractivity contribution in [3.63, 3.8) is 0 Å². The van der Waals surface area contributed by atoms with E-state index in [4.69, 9.17) is 10.00 Å². The summed E-state index contributed by atoms with van der Waals surface area (Å²) >= 11 is 4.19. The molecule has 0 unspecified atom stereocenters. The zero-order chi connectivity index (χ0) is 14.4. The SMILES string of the molecule is CCOC(=O)/C(C#N)=C(/S)Nc1c(C)cccc1C. The van der Waals surface area contributed by atoms with E-state index >= 15 is 0 Å². The predicted molar refractivity (Wildman–Crippen MR) is 77.8 cm³/mol. The van der Waals surface area contributed by atoms with E-state index in [0.29, 0.717) is 0 Å². The lowest BCUT2D eigenvalue weighted by molar-refractivity contribution is -0.138. The van der Waals surface area contributed by atoms with Crippen molar-refractivity contribution in [2.24, 2.45) is 0 Å². The third-order valence-corrected chi connectivity index (χ3v) is 2.89. The van der Waals surface area contributed by atoms with E-state index in [0.717, 1.165) is 16.8 Å². The number of thiol groups is 1. The van der Waals surface area contributed by atoms with Gasteiger partial charge in [0.2, 0.25) is 0 Å². The summed E-state index contributed by atoms with van der Waals surface area (Å²) in [7, 11) is 0. The highest BCUT2D eigenvalue weighted by molar-refractivity contribution is 7.84. The molecular weight excluding hydrogens is 260 g/mol. The number of hydrogen-bond acceptors (Lipinski definition) is 5. The van der Waals surface area contributed by atoms with Crippen molar-refractivity contribution in [3.05, 3.63) is 39.9 Å². The molecule has 0 aliphatic heterocycles. The largest absolute Gasteiger partial charge is 0.462 e. The van der Waals surface area contributed by atoms with Crippen molar-refractivity contribution in [2.45, 2.75) is 20.8 Å². The number of nitrogens with zero attached hydrogens (tertiary/aromatic N) is 1. The maximum Gasteiger partial charge on any atom is 0.351 e.